The zero-order valence-electron chi connectivity index (χ0n) is 12.3. The Morgan fingerprint density at radius 2 is 2.14 bits per heavy atom. The summed E-state index contributed by atoms with van der Waals surface area (Å²) in [6.07, 6.45) is 0.724. The van der Waals surface area contributed by atoms with Crippen LogP contribution in [0.4, 0.5) is 5.69 Å². The highest BCUT2D eigenvalue weighted by molar-refractivity contribution is 7.91. The van der Waals surface area contributed by atoms with Gasteiger partial charge in [0.15, 0.2) is 9.84 Å². The van der Waals surface area contributed by atoms with Gasteiger partial charge in [-0.25, -0.2) is 8.42 Å². The van der Waals surface area contributed by atoms with Crippen molar-refractivity contribution in [3.05, 3.63) is 29.8 Å². The van der Waals surface area contributed by atoms with Crippen molar-refractivity contribution in [1.82, 2.24) is 0 Å². The fourth-order valence-electron chi connectivity index (χ4n) is 1.77. The molecule has 0 spiro atoms. The summed E-state index contributed by atoms with van der Waals surface area (Å²) in [6.45, 7) is 3.82. The van der Waals surface area contributed by atoms with Crippen LogP contribution in [0, 0.1) is 17.2 Å². The summed E-state index contributed by atoms with van der Waals surface area (Å²) in [5, 5.41) is 11.4. The van der Waals surface area contributed by atoms with Crippen molar-refractivity contribution in [3.63, 3.8) is 0 Å². The van der Waals surface area contributed by atoms with Gasteiger partial charge in [-0.3, -0.25) is 4.79 Å². The highest BCUT2D eigenvalue weighted by atomic mass is 32.2. The van der Waals surface area contributed by atoms with Gasteiger partial charge in [-0.05, 0) is 24.1 Å². The number of amides is 1. The Labute approximate surface area is 125 Å². The average molecular weight is 308 g/mol. The van der Waals surface area contributed by atoms with E-state index in [1.807, 2.05) is 19.9 Å². The fourth-order valence-corrected chi connectivity index (χ4v) is 3.54. The lowest BCUT2D eigenvalue weighted by atomic mass is 10.2. The van der Waals surface area contributed by atoms with Crippen LogP contribution in [0.5, 0.6) is 0 Å². The zero-order chi connectivity index (χ0) is 15.9. The summed E-state index contributed by atoms with van der Waals surface area (Å²) in [5.74, 6) is -0.301. The van der Waals surface area contributed by atoms with E-state index in [0.717, 1.165) is 6.42 Å². The first-order valence-corrected chi connectivity index (χ1v) is 8.69. The van der Waals surface area contributed by atoms with E-state index in [2.05, 4.69) is 5.32 Å². The SMILES string of the molecule is CCC(C)CS(=O)(=O)CCC(=O)Nc1cccc(C#N)c1. The maximum Gasteiger partial charge on any atom is 0.225 e. The molecule has 1 aromatic carbocycles. The summed E-state index contributed by atoms with van der Waals surface area (Å²) < 4.78 is 23.7. The maximum absolute atomic E-state index is 11.8. The minimum Gasteiger partial charge on any atom is -0.326 e. The van der Waals surface area contributed by atoms with Crippen molar-refractivity contribution >= 4 is 21.4 Å². The van der Waals surface area contributed by atoms with Crippen molar-refractivity contribution in [2.24, 2.45) is 5.92 Å². The third-order valence-electron chi connectivity index (χ3n) is 3.15. The van der Waals surface area contributed by atoms with E-state index in [1.165, 1.54) is 0 Å². The van der Waals surface area contributed by atoms with Crippen LogP contribution in [0.3, 0.4) is 0 Å². The molecular weight excluding hydrogens is 288 g/mol. The summed E-state index contributed by atoms with van der Waals surface area (Å²) in [5.41, 5.74) is 0.940. The topological polar surface area (TPSA) is 87.0 Å². The molecule has 114 valence electrons. The second-order valence-corrected chi connectivity index (χ2v) is 7.35. The second kappa shape index (κ2) is 7.79. The number of hydrogen-bond donors (Lipinski definition) is 1. The summed E-state index contributed by atoms with van der Waals surface area (Å²) in [7, 11) is -3.21. The monoisotopic (exact) mass is 308 g/mol. The van der Waals surface area contributed by atoms with Crippen molar-refractivity contribution in [2.45, 2.75) is 26.7 Å². The number of rotatable bonds is 7. The van der Waals surface area contributed by atoms with E-state index in [9.17, 15) is 13.2 Å². The predicted molar refractivity (Wildman–Crippen MR) is 82.5 cm³/mol. The average Bonchev–Trinajstić information content (AvgIpc) is 2.45. The molecule has 1 unspecified atom stereocenters. The number of sulfone groups is 1. The summed E-state index contributed by atoms with van der Waals surface area (Å²) in [4.78, 5) is 11.8. The Balaban J connectivity index is 2.53. The lowest BCUT2D eigenvalue weighted by Gasteiger charge is -2.09. The molecule has 1 N–H and O–H groups in total. The molecule has 0 aliphatic carbocycles. The number of carbonyl (C=O) groups is 1. The van der Waals surface area contributed by atoms with Crippen LogP contribution in [-0.4, -0.2) is 25.8 Å². The molecule has 1 rings (SSSR count). The Kier molecular flexibility index (Phi) is 6.38. The zero-order valence-corrected chi connectivity index (χ0v) is 13.1. The number of anilines is 1. The Bertz CT molecular complexity index is 633. The predicted octanol–water partition coefficient (Wildman–Crippen LogP) is 2.35. The molecule has 1 atom stereocenters. The molecule has 6 heteroatoms. The number of benzene rings is 1. The van der Waals surface area contributed by atoms with E-state index in [1.54, 1.807) is 24.3 Å². The minimum atomic E-state index is -3.21. The molecule has 0 radical (unpaired) electrons. The van der Waals surface area contributed by atoms with E-state index in [0.29, 0.717) is 11.3 Å². The first-order valence-electron chi connectivity index (χ1n) is 6.86. The van der Waals surface area contributed by atoms with Gasteiger partial charge in [-0.15, -0.1) is 0 Å². The maximum atomic E-state index is 11.8. The van der Waals surface area contributed by atoms with Gasteiger partial charge in [0, 0.05) is 12.1 Å². The van der Waals surface area contributed by atoms with Crippen LogP contribution in [-0.2, 0) is 14.6 Å². The smallest absolute Gasteiger partial charge is 0.225 e. The molecule has 0 aliphatic heterocycles. The third kappa shape index (κ3) is 6.41. The van der Waals surface area contributed by atoms with Gasteiger partial charge in [0.1, 0.15) is 0 Å². The largest absolute Gasteiger partial charge is 0.326 e. The number of nitrogens with one attached hydrogen (secondary N) is 1. The van der Waals surface area contributed by atoms with Crippen LogP contribution in [0.1, 0.15) is 32.3 Å². The van der Waals surface area contributed by atoms with Crippen LogP contribution in [0.2, 0.25) is 0 Å². The van der Waals surface area contributed by atoms with Crippen LogP contribution in [0.25, 0.3) is 0 Å². The van der Waals surface area contributed by atoms with Crippen molar-refractivity contribution in [1.29, 1.82) is 5.26 Å². The molecule has 0 saturated heterocycles. The van der Waals surface area contributed by atoms with Gasteiger partial charge < -0.3 is 5.32 Å². The number of nitriles is 1. The Hall–Kier alpha value is -1.87. The van der Waals surface area contributed by atoms with Gasteiger partial charge in [0.05, 0.1) is 23.1 Å². The fraction of sp³-hybridized carbons (Fsp3) is 0.467. The lowest BCUT2D eigenvalue weighted by Crippen LogP contribution is -2.21. The number of carbonyl (C=O) groups excluding carboxylic acids is 1. The highest BCUT2D eigenvalue weighted by Crippen LogP contribution is 2.11. The van der Waals surface area contributed by atoms with Gasteiger partial charge >= 0.3 is 0 Å². The minimum absolute atomic E-state index is 0.0739. The van der Waals surface area contributed by atoms with Crippen LogP contribution in [0.15, 0.2) is 24.3 Å². The number of nitrogens with zero attached hydrogens (tertiary/aromatic N) is 1. The van der Waals surface area contributed by atoms with Crippen molar-refractivity contribution in [2.75, 3.05) is 16.8 Å². The molecule has 0 saturated carbocycles. The van der Waals surface area contributed by atoms with E-state index < -0.39 is 9.84 Å². The first kappa shape index (κ1) is 17.2. The molecule has 0 bridgehead atoms. The molecule has 5 nitrogen and oxygen atoms in total. The van der Waals surface area contributed by atoms with Gasteiger partial charge in [0.2, 0.25) is 5.91 Å². The molecule has 0 heterocycles. The second-order valence-electron chi connectivity index (χ2n) is 5.12. The lowest BCUT2D eigenvalue weighted by molar-refractivity contribution is -0.115. The van der Waals surface area contributed by atoms with Crippen LogP contribution < -0.4 is 5.32 Å². The quantitative estimate of drug-likeness (QED) is 0.837. The summed E-state index contributed by atoms with van der Waals surface area (Å²) >= 11 is 0. The summed E-state index contributed by atoms with van der Waals surface area (Å²) in [6, 6.07) is 8.48. The first-order chi connectivity index (χ1) is 9.86. The normalized spacial score (nSPS) is 12.4. The Morgan fingerprint density at radius 3 is 2.76 bits per heavy atom. The third-order valence-corrected chi connectivity index (χ3v) is 5.05. The van der Waals surface area contributed by atoms with Crippen molar-refractivity contribution in [3.8, 4) is 6.07 Å². The standard InChI is InChI=1S/C15H20N2O3S/c1-3-12(2)11-21(19,20)8-7-15(18)17-14-6-4-5-13(9-14)10-16/h4-6,9,12H,3,7-8,11H2,1-2H3,(H,17,18). The Morgan fingerprint density at radius 1 is 1.43 bits per heavy atom. The molecule has 21 heavy (non-hydrogen) atoms. The van der Waals surface area contributed by atoms with E-state index in [4.69, 9.17) is 5.26 Å². The van der Waals surface area contributed by atoms with Gasteiger partial charge in [-0.1, -0.05) is 26.3 Å². The molecule has 0 fully saturated rings. The van der Waals surface area contributed by atoms with Crippen molar-refractivity contribution < 1.29 is 13.2 Å². The van der Waals surface area contributed by atoms with Gasteiger partial charge in [-0.2, -0.15) is 5.26 Å². The molecule has 0 aliphatic rings. The number of hydrogen-bond acceptors (Lipinski definition) is 4. The molecular formula is C15H20N2O3S. The highest BCUT2D eigenvalue weighted by Gasteiger charge is 2.16. The molecule has 1 aromatic rings. The van der Waals surface area contributed by atoms with E-state index in [-0.39, 0.29) is 29.8 Å². The molecule has 0 aromatic heterocycles. The van der Waals surface area contributed by atoms with Gasteiger partial charge in [0.25, 0.3) is 0 Å². The molecule has 1 amide bonds. The van der Waals surface area contributed by atoms with Crippen LogP contribution >= 0.6 is 0 Å². The van der Waals surface area contributed by atoms with E-state index >= 15 is 0 Å².